The van der Waals surface area contributed by atoms with Crippen molar-refractivity contribution in [2.24, 2.45) is 0 Å². The average molecular weight is 292 g/mol. The van der Waals surface area contributed by atoms with Gasteiger partial charge in [0.15, 0.2) is 11.5 Å². The second kappa shape index (κ2) is 6.25. The van der Waals surface area contributed by atoms with Crippen LogP contribution in [0, 0.1) is 0 Å². The summed E-state index contributed by atoms with van der Waals surface area (Å²) in [6.45, 7) is 2.39. The van der Waals surface area contributed by atoms with Crippen LogP contribution in [0.25, 0.3) is 10.9 Å². The minimum atomic E-state index is -0.370. The van der Waals surface area contributed by atoms with Gasteiger partial charge < -0.3 is 14.9 Å². The van der Waals surface area contributed by atoms with E-state index in [9.17, 15) is 19.8 Å². The highest BCUT2D eigenvalue weighted by atomic mass is 16.5. The quantitative estimate of drug-likeness (QED) is 0.633. The van der Waals surface area contributed by atoms with E-state index in [1.807, 2.05) is 0 Å². The third kappa shape index (κ3) is 3.31. The van der Waals surface area contributed by atoms with Gasteiger partial charge in [-0.15, -0.1) is 0 Å². The van der Waals surface area contributed by atoms with Gasteiger partial charge in [-0.3, -0.25) is 14.2 Å². The Morgan fingerprint density at radius 1 is 1.33 bits per heavy atom. The number of fused-ring (bicyclic) bond motifs is 1. The second-order valence-electron chi connectivity index (χ2n) is 4.51. The molecule has 0 spiro atoms. The van der Waals surface area contributed by atoms with Crippen molar-refractivity contribution in [3.63, 3.8) is 0 Å². The number of aromatic hydroxyl groups is 2. The summed E-state index contributed by atoms with van der Waals surface area (Å²) in [7, 11) is 0. The van der Waals surface area contributed by atoms with Crippen molar-refractivity contribution in [2.45, 2.75) is 26.3 Å². The van der Waals surface area contributed by atoms with Crippen LogP contribution in [0.2, 0.25) is 0 Å². The number of aryl methyl sites for hydroxylation is 1. The molecule has 112 valence electrons. The zero-order valence-corrected chi connectivity index (χ0v) is 11.6. The standard InChI is InChI=1S/C14H16N2O5/c1-2-21-13(19)4-3-5-16-8-15-10-7-12(18)11(17)6-9(10)14(16)20/h6-8,17-18H,2-5H2,1H3. The number of carbonyl (C=O) groups excluding carboxylic acids is 1. The largest absolute Gasteiger partial charge is 0.504 e. The summed E-state index contributed by atoms with van der Waals surface area (Å²) in [4.78, 5) is 27.5. The summed E-state index contributed by atoms with van der Waals surface area (Å²) in [5.74, 6) is -0.998. The molecule has 0 bridgehead atoms. The first kappa shape index (κ1) is 14.8. The zero-order valence-electron chi connectivity index (χ0n) is 11.6. The summed E-state index contributed by atoms with van der Waals surface area (Å²) < 4.78 is 6.17. The zero-order chi connectivity index (χ0) is 15.4. The third-order valence-corrected chi connectivity index (χ3v) is 3.01. The number of benzene rings is 1. The maximum atomic E-state index is 12.2. The van der Waals surface area contributed by atoms with Crippen molar-refractivity contribution in [2.75, 3.05) is 6.61 Å². The SMILES string of the molecule is CCOC(=O)CCCn1cnc2cc(O)c(O)cc2c1=O. The molecule has 7 nitrogen and oxygen atoms in total. The van der Waals surface area contributed by atoms with Crippen LogP contribution in [0.5, 0.6) is 11.5 Å². The summed E-state index contributed by atoms with van der Waals surface area (Å²) in [5.41, 5.74) is -0.0314. The number of nitrogens with zero attached hydrogens (tertiary/aromatic N) is 2. The molecule has 2 rings (SSSR count). The van der Waals surface area contributed by atoms with E-state index in [4.69, 9.17) is 4.74 Å². The molecule has 2 aromatic rings. The number of esters is 1. The van der Waals surface area contributed by atoms with E-state index in [0.717, 1.165) is 0 Å². The predicted molar refractivity (Wildman–Crippen MR) is 75.2 cm³/mol. The average Bonchev–Trinajstić information content (AvgIpc) is 2.44. The van der Waals surface area contributed by atoms with Gasteiger partial charge in [-0.1, -0.05) is 0 Å². The maximum Gasteiger partial charge on any atom is 0.305 e. The van der Waals surface area contributed by atoms with Gasteiger partial charge in [0.25, 0.3) is 5.56 Å². The smallest absolute Gasteiger partial charge is 0.305 e. The van der Waals surface area contributed by atoms with Gasteiger partial charge in [-0.2, -0.15) is 0 Å². The molecule has 0 radical (unpaired) electrons. The Bertz CT molecular complexity index is 723. The Kier molecular flexibility index (Phi) is 4.42. The van der Waals surface area contributed by atoms with Crippen LogP contribution >= 0.6 is 0 Å². The summed E-state index contributed by atoms with van der Waals surface area (Å²) in [6.07, 6.45) is 2.03. The van der Waals surface area contributed by atoms with Crippen molar-refractivity contribution in [3.05, 3.63) is 28.8 Å². The van der Waals surface area contributed by atoms with E-state index in [1.54, 1.807) is 6.92 Å². The van der Waals surface area contributed by atoms with Crippen molar-refractivity contribution in [1.29, 1.82) is 0 Å². The molecule has 0 aliphatic heterocycles. The molecule has 7 heteroatoms. The maximum absolute atomic E-state index is 12.2. The first-order chi connectivity index (χ1) is 10.0. The number of ether oxygens (including phenoxy) is 1. The molecule has 0 aliphatic rings. The topological polar surface area (TPSA) is 102 Å². The molecule has 0 aliphatic carbocycles. The summed E-state index contributed by atoms with van der Waals surface area (Å²) in [6, 6.07) is 2.41. The van der Waals surface area contributed by atoms with Crippen LogP contribution in [0.1, 0.15) is 19.8 Å². The lowest BCUT2D eigenvalue weighted by molar-refractivity contribution is -0.143. The lowest BCUT2D eigenvalue weighted by atomic mass is 10.2. The van der Waals surface area contributed by atoms with Gasteiger partial charge in [0, 0.05) is 19.0 Å². The Labute approximate surface area is 120 Å². The van der Waals surface area contributed by atoms with E-state index in [0.29, 0.717) is 25.1 Å². The minimum Gasteiger partial charge on any atom is -0.504 e. The van der Waals surface area contributed by atoms with Crippen LogP contribution in [0.4, 0.5) is 0 Å². The number of carbonyl (C=O) groups is 1. The highest BCUT2D eigenvalue weighted by Gasteiger charge is 2.09. The Morgan fingerprint density at radius 3 is 2.76 bits per heavy atom. The van der Waals surface area contributed by atoms with Gasteiger partial charge in [0.05, 0.1) is 23.8 Å². The van der Waals surface area contributed by atoms with Crippen molar-refractivity contribution in [1.82, 2.24) is 9.55 Å². The fourth-order valence-corrected chi connectivity index (χ4v) is 1.97. The minimum absolute atomic E-state index is 0.212. The van der Waals surface area contributed by atoms with E-state index in [-0.39, 0.29) is 34.8 Å². The van der Waals surface area contributed by atoms with Crippen molar-refractivity contribution < 1.29 is 19.7 Å². The Balaban J connectivity index is 2.18. The number of aromatic nitrogens is 2. The fraction of sp³-hybridized carbons (Fsp3) is 0.357. The number of rotatable bonds is 5. The molecule has 1 heterocycles. The van der Waals surface area contributed by atoms with Crippen molar-refractivity contribution in [3.8, 4) is 11.5 Å². The van der Waals surface area contributed by atoms with Gasteiger partial charge in [-0.25, -0.2) is 4.98 Å². The normalized spacial score (nSPS) is 10.7. The Hall–Kier alpha value is -2.57. The van der Waals surface area contributed by atoms with Crippen LogP contribution < -0.4 is 5.56 Å². The lowest BCUT2D eigenvalue weighted by Gasteiger charge is -2.07. The van der Waals surface area contributed by atoms with E-state index >= 15 is 0 Å². The first-order valence-corrected chi connectivity index (χ1v) is 6.59. The van der Waals surface area contributed by atoms with Gasteiger partial charge in [0.1, 0.15) is 0 Å². The molecule has 1 aromatic heterocycles. The molecule has 0 saturated carbocycles. The van der Waals surface area contributed by atoms with Crippen LogP contribution in [0.15, 0.2) is 23.3 Å². The fourth-order valence-electron chi connectivity index (χ4n) is 1.97. The van der Waals surface area contributed by atoms with Gasteiger partial charge in [0.2, 0.25) is 0 Å². The highest BCUT2D eigenvalue weighted by Crippen LogP contribution is 2.27. The molecule has 0 fully saturated rings. The Morgan fingerprint density at radius 2 is 2.05 bits per heavy atom. The summed E-state index contributed by atoms with van der Waals surface area (Å²) in [5, 5.41) is 19.0. The monoisotopic (exact) mass is 292 g/mol. The number of phenols is 2. The van der Waals surface area contributed by atoms with E-state index in [1.165, 1.54) is 23.0 Å². The molecular formula is C14H16N2O5. The van der Waals surface area contributed by atoms with Crippen molar-refractivity contribution >= 4 is 16.9 Å². The molecule has 21 heavy (non-hydrogen) atoms. The molecule has 0 amide bonds. The third-order valence-electron chi connectivity index (χ3n) is 3.01. The molecule has 0 unspecified atom stereocenters. The van der Waals surface area contributed by atoms with Crippen LogP contribution in [-0.4, -0.2) is 32.3 Å². The predicted octanol–water partition coefficient (Wildman–Crippen LogP) is 1.15. The second-order valence-corrected chi connectivity index (χ2v) is 4.51. The molecule has 2 N–H and O–H groups in total. The molecule has 0 saturated heterocycles. The number of hydrogen-bond donors (Lipinski definition) is 2. The van der Waals surface area contributed by atoms with E-state index < -0.39 is 0 Å². The molecule has 1 aromatic carbocycles. The number of hydrogen-bond acceptors (Lipinski definition) is 6. The van der Waals surface area contributed by atoms with Crippen LogP contribution in [-0.2, 0) is 16.1 Å². The molecule has 0 atom stereocenters. The van der Waals surface area contributed by atoms with E-state index in [2.05, 4.69) is 4.98 Å². The highest BCUT2D eigenvalue weighted by molar-refractivity contribution is 5.81. The first-order valence-electron chi connectivity index (χ1n) is 6.59. The van der Waals surface area contributed by atoms with Crippen LogP contribution in [0.3, 0.4) is 0 Å². The summed E-state index contributed by atoms with van der Waals surface area (Å²) >= 11 is 0. The van der Waals surface area contributed by atoms with Gasteiger partial charge >= 0.3 is 5.97 Å². The lowest BCUT2D eigenvalue weighted by Crippen LogP contribution is -2.21. The molecular weight excluding hydrogens is 276 g/mol. The van der Waals surface area contributed by atoms with Gasteiger partial charge in [-0.05, 0) is 19.4 Å². The number of phenolic OH excluding ortho intramolecular Hbond substituents is 2.